The Balaban J connectivity index is 1.44. The lowest BCUT2D eigenvalue weighted by Crippen LogP contribution is -2.38. The average molecular weight is 460 g/mol. The van der Waals surface area contributed by atoms with Crippen LogP contribution in [0.5, 0.6) is 0 Å². The molecule has 1 saturated heterocycles. The third-order valence-electron chi connectivity index (χ3n) is 5.40. The van der Waals surface area contributed by atoms with E-state index in [2.05, 4.69) is 31.7 Å². The van der Waals surface area contributed by atoms with Crippen LogP contribution < -0.4 is 15.2 Å². The summed E-state index contributed by atoms with van der Waals surface area (Å²) in [7, 11) is -3.02. The van der Waals surface area contributed by atoms with Crippen molar-refractivity contribution in [2.24, 2.45) is 0 Å². The molecule has 3 aromatic heterocycles. The van der Waals surface area contributed by atoms with Crippen LogP contribution in [0.1, 0.15) is 30.5 Å². The lowest BCUT2D eigenvalue weighted by molar-refractivity contribution is -0.711. The molecular formula is C21H27N5O5P+. The van der Waals surface area contributed by atoms with Gasteiger partial charge in [0.2, 0.25) is 6.73 Å². The van der Waals surface area contributed by atoms with Crippen LogP contribution >= 0.6 is 7.82 Å². The first kappa shape index (κ1) is 22.4. The second kappa shape index (κ2) is 9.79. The summed E-state index contributed by atoms with van der Waals surface area (Å²) < 4.78 is 27.8. The Morgan fingerprint density at radius 3 is 2.81 bits per heavy atom. The maximum atomic E-state index is 11.5. The largest absolute Gasteiger partial charge is 0.475 e. The summed E-state index contributed by atoms with van der Waals surface area (Å²) >= 11 is 0. The first-order valence-corrected chi connectivity index (χ1v) is 11.9. The molecule has 0 aliphatic carbocycles. The Labute approximate surface area is 186 Å². The molecule has 0 amide bonds. The number of hydrogen-bond donors (Lipinski definition) is 2. The van der Waals surface area contributed by atoms with E-state index in [-0.39, 0.29) is 6.73 Å². The predicted molar refractivity (Wildman–Crippen MR) is 118 cm³/mol. The van der Waals surface area contributed by atoms with Crippen molar-refractivity contribution in [3.63, 3.8) is 0 Å². The van der Waals surface area contributed by atoms with E-state index in [0.717, 1.165) is 37.3 Å². The van der Waals surface area contributed by atoms with Gasteiger partial charge < -0.3 is 14.3 Å². The van der Waals surface area contributed by atoms with Crippen molar-refractivity contribution in [1.29, 1.82) is 0 Å². The van der Waals surface area contributed by atoms with E-state index in [4.69, 9.17) is 14.8 Å². The summed E-state index contributed by atoms with van der Waals surface area (Å²) in [6.07, 6.45) is 7.80. The van der Waals surface area contributed by atoms with E-state index in [1.165, 1.54) is 23.8 Å². The number of nitrogens with two attached hydrogens (primary N) is 1. The number of pyridine rings is 2. The number of piperidine rings is 1. The molecule has 0 spiro atoms. The number of nitrogen functional groups attached to an aromatic ring is 1. The average Bonchev–Trinajstić information content (AvgIpc) is 3.27. The SMILES string of the molecule is COP(=O)(O)OC[n+]1cccc(-c2cc(Cc3ccc(N4CCCCC4)nc3)no2)c1N. The molecule has 32 heavy (non-hydrogen) atoms. The maximum Gasteiger partial charge on any atom is 0.475 e. The van der Waals surface area contributed by atoms with Crippen molar-refractivity contribution < 1.29 is 27.6 Å². The van der Waals surface area contributed by atoms with E-state index < -0.39 is 7.82 Å². The maximum absolute atomic E-state index is 11.5. The van der Waals surface area contributed by atoms with Crippen LogP contribution in [0.4, 0.5) is 11.6 Å². The fourth-order valence-corrected chi connectivity index (χ4v) is 4.01. The zero-order valence-corrected chi connectivity index (χ0v) is 18.8. The van der Waals surface area contributed by atoms with Crippen molar-refractivity contribution in [3.8, 4) is 11.3 Å². The highest BCUT2D eigenvalue weighted by Crippen LogP contribution is 2.41. The Morgan fingerprint density at radius 1 is 1.28 bits per heavy atom. The smallest absolute Gasteiger partial charge is 0.357 e. The molecule has 1 unspecified atom stereocenters. The molecule has 1 fully saturated rings. The van der Waals surface area contributed by atoms with Gasteiger partial charge in [-0.05, 0) is 43.0 Å². The molecule has 11 heteroatoms. The zero-order chi connectivity index (χ0) is 22.6. The summed E-state index contributed by atoms with van der Waals surface area (Å²) in [6, 6.07) is 9.45. The van der Waals surface area contributed by atoms with E-state index in [0.29, 0.717) is 23.6 Å². The molecule has 3 aromatic rings. The minimum Gasteiger partial charge on any atom is -0.357 e. The zero-order valence-electron chi connectivity index (χ0n) is 17.9. The molecule has 3 N–H and O–H groups in total. The van der Waals surface area contributed by atoms with Crippen LogP contribution in [-0.2, 0) is 26.8 Å². The van der Waals surface area contributed by atoms with Crippen LogP contribution in [0.15, 0.2) is 47.2 Å². The fraction of sp³-hybridized carbons (Fsp3) is 0.381. The Morgan fingerprint density at radius 2 is 2.09 bits per heavy atom. The molecule has 4 heterocycles. The molecule has 0 radical (unpaired) electrons. The predicted octanol–water partition coefficient (Wildman–Crippen LogP) is 2.91. The van der Waals surface area contributed by atoms with Crippen molar-refractivity contribution in [3.05, 3.63) is 54.0 Å². The van der Waals surface area contributed by atoms with Crippen LogP contribution in [0, 0.1) is 0 Å². The molecule has 0 saturated carbocycles. The molecule has 170 valence electrons. The van der Waals surface area contributed by atoms with Crippen LogP contribution in [0.3, 0.4) is 0 Å². The van der Waals surface area contributed by atoms with Gasteiger partial charge in [-0.2, -0.15) is 0 Å². The van der Waals surface area contributed by atoms with Gasteiger partial charge in [0.15, 0.2) is 5.76 Å². The van der Waals surface area contributed by atoms with E-state index >= 15 is 0 Å². The van der Waals surface area contributed by atoms with Crippen molar-refractivity contribution in [1.82, 2.24) is 10.1 Å². The van der Waals surface area contributed by atoms with Crippen LogP contribution in [-0.4, -0.2) is 35.2 Å². The lowest BCUT2D eigenvalue weighted by Gasteiger charge is -2.27. The molecule has 1 aliphatic rings. The fourth-order valence-electron chi connectivity index (χ4n) is 3.63. The second-order valence-electron chi connectivity index (χ2n) is 7.62. The number of phosphoric ester groups is 1. The van der Waals surface area contributed by atoms with Gasteiger partial charge in [-0.15, -0.1) is 0 Å². The van der Waals surface area contributed by atoms with Crippen molar-refractivity contribution >= 4 is 19.5 Å². The van der Waals surface area contributed by atoms with Crippen molar-refractivity contribution in [2.45, 2.75) is 32.4 Å². The second-order valence-corrected chi connectivity index (χ2v) is 9.18. The topological polar surface area (TPSA) is 128 Å². The number of anilines is 2. The number of rotatable bonds is 8. The van der Waals surface area contributed by atoms with Gasteiger partial charge in [-0.3, -0.25) is 10.3 Å². The number of aromatic nitrogens is 3. The summed E-state index contributed by atoms with van der Waals surface area (Å²) in [5, 5.41) is 4.16. The van der Waals surface area contributed by atoms with Gasteiger partial charge in [-0.1, -0.05) is 11.2 Å². The number of phosphoric acid groups is 1. The molecule has 4 rings (SSSR count). The monoisotopic (exact) mass is 460 g/mol. The standard InChI is InChI=1S/C21H26N5O5P/c1-29-32(27,28)30-15-26-11-5-6-18(21(26)22)19-13-17(24-31-19)12-16-7-8-20(23-14-16)25-9-3-2-4-10-25/h5-8,11,13-14,22H,2-4,9-10,12,15H2,1H3,(H,27,28)/p+1. The van der Waals surface area contributed by atoms with Gasteiger partial charge >= 0.3 is 7.82 Å². The van der Waals surface area contributed by atoms with Crippen LogP contribution in [0.25, 0.3) is 11.3 Å². The van der Waals surface area contributed by atoms with Gasteiger partial charge in [0, 0.05) is 38.9 Å². The van der Waals surface area contributed by atoms with E-state index in [1.807, 2.05) is 12.3 Å². The van der Waals surface area contributed by atoms with Gasteiger partial charge in [0.1, 0.15) is 11.4 Å². The summed E-state index contributed by atoms with van der Waals surface area (Å²) in [4.78, 5) is 16.4. The Bertz CT molecular complexity index is 1100. The van der Waals surface area contributed by atoms with E-state index in [9.17, 15) is 9.46 Å². The number of hydrogen-bond acceptors (Lipinski definition) is 8. The highest BCUT2D eigenvalue weighted by atomic mass is 31.2. The highest BCUT2D eigenvalue weighted by Gasteiger charge is 2.23. The van der Waals surface area contributed by atoms with Gasteiger partial charge in [0.05, 0.1) is 11.9 Å². The summed E-state index contributed by atoms with van der Waals surface area (Å²) in [5.74, 6) is 1.81. The molecule has 10 nitrogen and oxygen atoms in total. The van der Waals surface area contributed by atoms with Crippen molar-refractivity contribution in [2.75, 3.05) is 30.8 Å². The minimum atomic E-state index is -4.11. The quantitative estimate of drug-likeness (QED) is 0.385. The molecule has 0 aromatic carbocycles. The van der Waals surface area contributed by atoms with Gasteiger partial charge in [0.25, 0.3) is 5.82 Å². The molecular weight excluding hydrogens is 433 g/mol. The number of nitrogens with zero attached hydrogens (tertiary/aromatic N) is 4. The summed E-state index contributed by atoms with van der Waals surface area (Å²) in [6.45, 7) is 1.87. The third-order valence-corrected chi connectivity index (χ3v) is 6.31. The van der Waals surface area contributed by atoms with Gasteiger partial charge in [-0.25, -0.2) is 18.6 Å². The highest BCUT2D eigenvalue weighted by molar-refractivity contribution is 7.47. The molecule has 0 bridgehead atoms. The Kier molecular flexibility index (Phi) is 6.86. The van der Waals surface area contributed by atoms with E-state index in [1.54, 1.807) is 18.3 Å². The first-order valence-electron chi connectivity index (χ1n) is 10.4. The summed E-state index contributed by atoms with van der Waals surface area (Å²) in [5.41, 5.74) is 8.58. The molecule has 1 aliphatic heterocycles. The lowest BCUT2D eigenvalue weighted by atomic mass is 10.1. The van der Waals surface area contributed by atoms with Crippen LogP contribution in [0.2, 0.25) is 0 Å². The first-order chi connectivity index (χ1) is 15.4. The Hall–Kier alpha value is -2.78. The third kappa shape index (κ3) is 5.34. The normalized spacial score (nSPS) is 16.1. The minimum absolute atomic E-state index is 0.253. The molecule has 1 atom stereocenters.